The highest BCUT2D eigenvalue weighted by Crippen LogP contribution is 2.59. The molecule has 1 aromatic rings. The summed E-state index contributed by atoms with van der Waals surface area (Å²) in [6, 6.07) is 6.08. The molecule has 29 heavy (non-hydrogen) atoms. The quantitative estimate of drug-likeness (QED) is 0.627. The van der Waals surface area contributed by atoms with E-state index in [2.05, 4.69) is 26.7 Å². The molecule has 162 valence electrons. The standard InChI is InChI=1S/C22H32BrNO4S/c1-6-28-19(25)22(24-29(26)20(2,3)4)18-13-16(23)8-7-15(18)14-21(22)11-9-17(27-5)10-12-21/h7-8,13,17,24H,6,9-12,14H2,1-5H3/t17?,21?,22-,29+/m0/s1. The van der Waals surface area contributed by atoms with Gasteiger partial charge in [-0.05, 0) is 83.1 Å². The van der Waals surface area contributed by atoms with Gasteiger partial charge in [-0.1, -0.05) is 22.0 Å². The molecule has 3 rings (SSSR count). The van der Waals surface area contributed by atoms with Crippen molar-refractivity contribution in [3.05, 3.63) is 33.8 Å². The second-order valence-electron chi connectivity index (χ2n) is 9.15. The Balaban J connectivity index is 2.19. The topological polar surface area (TPSA) is 64.6 Å². The SMILES string of the molecule is CCOC(=O)[C@@]1(N[S@](=O)C(C)(C)C)c2cc(Br)ccc2CC12CCC(OC)CC2. The van der Waals surface area contributed by atoms with Crippen molar-refractivity contribution in [3.8, 4) is 0 Å². The van der Waals surface area contributed by atoms with E-state index in [1.807, 2.05) is 39.8 Å². The third-order valence-corrected chi connectivity index (χ3v) is 8.50. The third kappa shape index (κ3) is 3.95. The minimum absolute atomic E-state index is 0.198. The van der Waals surface area contributed by atoms with Crippen molar-refractivity contribution in [1.29, 1.82) is 0 Å². The highest BCUT2D eigenvalue weighted by Gasteiger charge is 2.64. The summed E-state index contributed by atoms with van der Waals surface area (Å²) in [4.78, 5) is 13.7. The molecule has 1 saturated carbocycles. The summed E-state index contributed by atoms with van der Waals surface area (Å²) >= 11 is 3.57. The number of carbonyl (C=O) groups is 1. The highest BCUT2D eigenvalue weighted by molar-refractivity contribution is 9.10. The summed E-state index contributed by atoms with van der Waals surface area (Å²) in [6.07, 6.45) is 4.33. The molecule has 0 amide bonds. The van der Waals surface area contributed by atoms with Gasteiger partial charge in [-0.2, -0.15) is 0 Å². The van der Waals surface area contributed by atoms with Gasteiger partial charge in [-0.3, -0.25) is 0 Å². The fourth-order valence-electron chi connectivity index (χ4n) is 4.83. The summed E-state index contributed by atoms with van der Waals surface area (Å²) in [5.74, 6) is -0.328. The number of ether oxygens (including phenoxy) is 2. The number of esters is 1. The predicted octanol–water partition coefficient (Wildman–Crippen LogP) is 4.39. The molecule has 0 unspecified atom stereocenters. The summed E-state index contributed by atoms with van der Waals surface area (Å²) in [5, 5.41) is 0. The lowest BCUT2D eigenvalue weighted by molar-refractivity contribution is -0.159. The molecule has 5 nitrogen and oxygen atoms in total. The number of carbonyl (C=O) groups excluding carboxylic acids is 1. The van der Waals surface area contributed by atoms with Crippen molar-refractivity contribution in [3.63, 3.8) is 0 Å². The van der Waals surface area contributed by atoms with Gasteiger partial charge in [0.05, 0.1) is 28.4 Å². The Morgan fingerprint density at radius 1 is 1.31 bits per heavy atom. The minimum atomic E-state index is -1.44. The zero-order chi connectivity index (χ0) is 21.4. The molecular formula is C22H32BrNO4S. The van der Waals surface area contributed by atoms with Crippen LogP contribution in [0.3, 0.4) is 0 Å². The highest BCUT2D eigenvalue weighted by atomic mass is 79.9. The summed E-state index contributed by atoms with van der Waals surface area (Å²) < 4.78 is 28.3. The van der Waals surface area contributed by atoms with Gasteiger partial charge in [-0.25, -0.2) is 13.7 Å². The lowest BCUT2D eigenvalue weighted by atomic mass is 9.61. The largest absolute Gasteiger partial charge is 0.464 e. The fourth-order valence-corrected chi connectivity index (χ4v) is 6.18. The van der Waals surface area contributed by atoms with E-state index in [9.17, 15) is 9.00 Å². The van der Waals surface area contributed by atoms with Crippen LogP contribution in [0.4, 0.5) is 0 Å². The van der Waals surface area contributed by atoms with Crippen molar-refractivity contribution in [2.24, 2.45) is 5.41 Å². The Hall–Kier alpha value is -0.760. The van der Waals surface area contributed by atoms with E-state index >= 15 is 0 Å². The predicted molar refractivity (Wildman–Crippen MR) is 119 cm³/mol. The van der Waals surface area contributed by atoms with E-state index in [-0.39, 0.29) is 18.7 Å². The van der Waals surface area contributed by atoms with Crippen LogP contribution in [0.1, 0.15) is 64.5 Å². The zero-order valence-electron chi connectivity index (χ0n) is 18.0. The van der Waals surface area contributed by atoms with Gasteiger partial charge in [0.2, 0.25) is 0 Å². The van der Waals surface area contributed by atoms with Crippen molar-refractivity contribution in [2.45, 2.75) is 76.2 Å². The van der Waals surface area contributed by atoms with Gasteiger partial charge in [0, 0.05) is 17.0 Å². The number of fused-ring (bicyclic) bond motifs is 1. The number of rotatable bonds is 5. The van der Waals surface area contributed by atoms with Crippen LogP contribution in [-0.2, 0) is 37.2 Å². The Morgan fingerprint density at radius 2 is 1.97 bits per heavy atom. The Labute approximate surface area is 185 Å². The molecule has 1 aromatic carbocycles. The Bertz CT molecular complexity index is 798. The maximum Gasteiger partial charge on any atom is 0.332 e. The molecule has 0 radical (unpaired) electrons. The lowest BCUT2D eigenvalue weighted by Crippen LogP contribution is -2.62. The second kappa shape index (κ2) is 8.40. The van der Waals surface area contributed by atoms with Gasteiger partial charge in [0.1, 0.15) is 0 Å². The molecule has 1 spiro atoms. The summed E-state index contributed by atoms with van der Waals surface area (Å²) in [5.41, 5.74) is 0.478. The van der Waals surface area contributed by atoms with Crippen LogP contribution in [0.5, 0.6) is 0 Å². The average molecular weight is 486 g/mol. The number of benzene rings is 1. The molecular weight excluding hydrogens is 454 g/mol. The second-order valence-corrected chi connectivity index (χ2v) is 12.0. The molecule has 2 aliphatic rings. The van der Waals surface area contributed by atoms with E-state index in [4.69, 9.17) is 9.47 Å². The molecule has 0 aromatic heterocycles. The zero-order valence-corrected chi connectivity index (χ0v) is 20.4. The fraction of sp³-hybridized carbons (Fsp3) is 0.682. The van der Waals surface area contributed by atoms with Crippen LogP contribution >= 0.6 is 15.9 Å². The van der Waals surface area contributed by atoms with Crippen LogP contribution in [0.25, 0.3) is 0 Å². The van der Waals surface area contributed by atoms with Gasteiger partial charge in [-0.15, -0.1) is 0 Å². The number of hydrogen-bond acceptors (Lipinski definition) is 4. The van der Waals surface area contributed by atoms with Crippen molar-refractivity contribution >= 4 is 32.9 Å². The number of methoxy groups -OCH3 is 1. The molecule has 2 atom stereocenters. The van der Waals surface area contributed by atoms with Crippen LogP contribution < -0.4 is 4.72 Å². The van der Waals surface area contributed by atoms with E-state index in [1.165, 1.54) is 0 Å². The average Bonchev–Trinajstić information content (AvgIpc) is 2.92. The molecule has 0 bridgehead atoms. The Kier molecular flexibility index (Phi) is 6.64. The number of hydrogen-bond donors (Lipinski definition) is 1. The van der Waals surface area contributed by atoms with E-state index in [0.29, 0.717) is 0 Å². The maximum absolute atomic E-state index is 13.7. The first-order valence-electron chi connectivity index (χ1n) is 10.3. The van der Waals surface area contributed by atoms with E-state index < -0.39 is 26.7 Å². The third-order valence-electron chi connectivity index (χ3n) is 6.41. The molecule has 0 heterocycles. The van der Waals surface area contributed by atoms with Gasteiger partial charge >= 0.3 is 5.97 Å². The molecule has 1 fully saturated rings. The first-order valence-corrected chi connectivity index (χ1v) is 12.2. The monoisotopic (exact) mass is 485 g/mol. The smallest absolute Gasteiger partial charge is 0.332 e. The van der Waals surface area contributed by atoms with Crippen molar-refractivity contribution in [2.75, 3.05) is 13.7 Å². The van der Waals surface area contributed by atoms with Gasteiger partial charge in [0.25, 0.3) is 0 Å². The first-order chi connectivity index (χ1) is 13.6. The molecule has 7 heteroatoms. The minimum Gasteiger partial charge on any atom is -0.464 e. The van der Waals surface area contributed by atoms with Crippen LogP contribution in [0.15, 0.2) is 22.7 Å². The van der Waals surface area contributed by atoms with Crippen molar-refractivity contribution < 1.29 is 18.5 Å². The first kappa shape index (κ1) is 22.9. The van der Waals surface area contributed by atoms with Crippen LogP contribution in [-0.4, -0.2) is 34.7 Å². The number of halogens is 1. The van der Waals surface area contributed by atoms with Crippen LogP contribution in [0.2, 0.25) is 0 Å². The van der Waals surface area contributed by atoms with Crippen molar-refractivity contribution in [1.82, 2.24) is 4.72 Å². The summed E-state index contributed by atoms with van der Waals surface area (Å²) in [7, 11) is 0.305. The van der Waals surface area contributed by atoms with Crippen LogP contribution in [0, 0.1) is 5.41 Å². The van der Waals surface area contributed by atoms with Gasteiger partial charge < -0.3 is 9.47 Å². The molecule has 0 aliphatic heterocycles. The van der Waals surface area contributed by atoms with E-state index in [1.54, 1.807) is 7.11 Å². The summed E-state index contributed by atoms with van der Waals surface area (Å²) in [6.45, 7) is 7.85. The Morgan fingerprint density at radius 3 is 2.52 bits per heavy atom. The lowest BCUT2D eigenvalue weighted by Gasteiger charge is -2.48. The maximum atomic E-state index is 13.7. The molecule has 0 saturated heterocycles. The molecule has 1 N–H and O–H groups in total. The normalized spacial score (nSPS) is 30.2. The number of nitrogens with one attached hydrogen (secondary N) is 1. The van der Waals surface area contributed by atoms with Gasteiger partial charge in [0.15, 0.2) is 5.54 Å². The molecule has 2 aliphatic carbocycles. The van der Waals surface area contributed by atoms with E-state index in [0.717, 1.165) is 47.7 Å².